The Hall–Kier alpha value is -3.02. The molecule has 0 spiro atoms. The van der Waals surface area contributed by atoms with Crippen LogP contribution in [0.25, 0.3) is 0 Å². The number of hydrogen-bond donors (Lipinski definition) is 2. The van der Waals surface area contributed by atoms with E-state index >= 15 is 0 Å². The zero-order valence-corrected chi connectivity index (χ0v) is 15.3. The molecule has 2 N–H and O–H groups in total. The number of rotatable bonds is 7. The molecule has 0 saturated heterocycles. The molecular weight excluding hydrogens is 332 g/mol. The van der Waals surface area contributed by atoms with E-state index < -0.39 is 11.8 Å². The summed E-state index contributed by atoms with van der Waals surface area (Å²) in [5.74, 6) is 0.466. The Balaban J connectivity index is 1.78. The number of benzene rings is 2. The van der Waals surface area contributed by atoms with Gasteiger partial charge in [0.15, 0.2) is 6.61 Å². The predicted molar refractivity (Wildman–Crippen MR) is 99.2 cm³/mol. The number of aryl methyl sites for hydroxylation is 2. The molecule has 138 valence electrons. The van der Waals surface area contributed by atoms with Gasteiger partial charge < -0.3 is 9.47 Å². The van der Waals surface area contributed by atoms with E-state index in [1.165, 1.54) is 0 Å². The second-order valence-corrected chi connectivity index (χ2v) is 5.99. The maximum absolute atomic E-state index is 12.0. The lowest BCUT2D eigenvalue weighted by atomic mass is 10.1. The van der Waals surface area contributed by atoms with E-state index in [9.17, 15) is 9.59 Å². The molecule has 0 fully saturated rings. The molecule has 2 aromatic carbocycles. The molecule has 0 unspecified atom stereocenters. The molecule has 0 aliphatic heterocycles. The SMILES string of the molecule is CCCOc1ccc(C(=O)NNC(=O)COc2cc(C)cc(C)c2)cc1. The number of nitrogens with one attached hydrogen (secondary N) is 2. The first-order valence-corrected chi connectivity index (χ1v) is 8.51. The number of amides is 2. The zero-order chi connectivity index (χ0) is 18.9. The Labute approximate surface area is 153 Å². The third-order valence-corrected chi connectivity index (χ3v) is 3.47. The average molecular weight is 356 g/mol. The van der Waals surface area contributed by atoms with Gasteiger partial charge in [0.2, 0.25) is 0 Å². The zero-order valence-electron chi connectivity index (χ0n) is 15.3. The number of ether oxygens (including phenoxy) is 2. The third kappa shape index (κ3) is 6.12. The van der Waals surface area contributed by atoms with Gasteiger partial charge in [-0.2, -0.15) is 0 Å². The van der Waals surface area contributed by atoms with E-state index in [1.807, 2.05) is 39.0 Å². The summed E-state index contributed by atoms with van der Waals surface area (Å²) in [6, 6.07) is 12.4. The van der Waals surface area contributed by atoms with Crippen molar-refractivity contribution in [1.82, 2.24) is 10.9 Å². The molecule has 0 saturated carbocycles. The van der Waals surface area contributed by atoms with E-state index in [4.69, 9.17) is 9.47 Å². The molecule has 0 heterocycles. The van der Waals surface area contributed by atoms with E-state index in [-0.39, 0.29) is 6.61 Å². The fourth-order valence-electron chi connectivity index (χ4n) is 2.32. The molecule has 2 rings (SSSR count). The van der Waals surface area contributed by atoms with Crippen LogP contribution in [0.1, 0.15) is 34.8 Å². The molecule has 26 heavy (non-hydrogen) atoms. The van der Waals surface area contributed by atoms with Gasteiger partial charge in [0, 0.05) is 5.56 Å². The highest BCUT2D eigenvalue weighted by molar-refractivity contribution is 5.95. The fraction of sp³-hybridized carbons (Fsp3) is 0.300. The first-order valence-electron chi connectivity index (χ1n) is 8.51. The van der Waals surface area contributed by atoms with Crippen LogP contribution < -0.4 is 20.3 Å². The van der Waals surface area contributed by atoms with Gasteiger partial charge >= 0.3 is 0 Å². The topological polar surface area (TPSA) is 76.7 Å². The van der Waals surface area contributed by atoms with Crippen molar-refractivity contribution < 1.29 is 19.1 Å². The van der Waals surface area contributed by atoms with Crippen molar-refractivity contribution in [1.29, 1.82) is 0 Å². The smallest absolute Gasteiger partial charge is 0.276 e. The highest BCUT2D eigenvalue weighted by Crippen LogP contribution is 2.16. The summed E-state index contributed by atoms with van der Waals surface area (Å²) in [6.07, 6.45) is 0.915. The van der Waals surface area contributed by atoms with Crippen molar-refractivity contribution in [3.63, 3.8) is 0 Å². The predicted octanol–water partition coefficient (Wildman–Crippen LogP) is 2.93. The van der Waals surface area contributed by atoms with Crippen LogP contribution >= 0.6 is 0 Å². The summed E-state index contributed by atoms with van der Waals surface area (Å²) in [6.45, 7) is 6.38. The summed E-state index contributed by atoms with van der Waals surface area (Å²) in [5.41, 5.74) is 7.23. The normalized spacial score (nSPS) is 10.1. The van der Waals surface area contributed by atoms with Crippen molar-refractivity contribution in [3.05, 3.63) is 59.2 Å². The monoisotopic (exact) mass is 356 g/mol. The second-order valence-electron chi connectivity index (χ2n) is 5.99. The fourth-order valence-corrected chi connectivity index (χ4v) is 2.32. The molecule has 0 atom stereocenters. The van der Waals surface area contributed by atoms with E-state index in [0.717, 1.165) is 17.5 Å². The average Bonchev–Trinajstić information content (AvgIpc) is 2.62. The van der Waals surface area contributed by atoms with Gasteiger partial charge in [0.25, 0.3) is 11.8 Å². The maximum Gasteiger partial charge on any atom is 0.276 e. The van der Waals surface area contributed by atoms with Gasteiger partial charge in [-0.3, -0.25) is 20.4 Å². The van der Waals surface area contributed by atoms with Crippen LogP contribution in [0.3, 0.4) is 0 Å². The lowest BCUT2D eigenvalue weighted by molar-refractivity contribution is -0.123. The van der Waals surface area contributed by atoms with E-state index in [2.05, 4.69) is 10.9 Å². The quantitative estimate of drug-likeness (QED) is 0.748. The molecule has 0 bridgehead atoms. The Morgan fingerprint density at radius 3 is 2.15 bits per heavy atom. The van der Waals surface area contributed by atoms with Crippen molar-refractivity contribution in [2.75, 3.05) is 13.2 Å². The molecular formula is C20H24N2O4. The van der Waals surface area contributed by atoms with Crippen molar-refractivity contribution in [3.8, 4) is 11.5 Å². The number of carbonyl (C=O) groups is 2. The first kappa shape index (κ1) is 19.3. The number of hydrogen-bond acceptors (Lipinski definition) is 4. The minimum atomic E-state index is -0.444. The first-order chi connectivity index (χ1) is 12.5. The van der Waals surface area contributed by atoms with Crippen LogP contribution in [0.15, 0.2) is 42.5 Å². The van der Waals surface area contributed by atoms with Crippen molar-refractivity contribution in [2.24, 2.45) is 0 Å². The Morgan fingerprint density at radius 1 is 0.885 bits per heavy atom. The summed E-state index contributed by atoms with van der Waals surface area (Å²) in [4.78, 5) is 23.9. The third-order valence-electron chi connectivity index (χ3n) is 3.47. The van der Waals surface area contributed by atoms with Crippen LogP contribution in [0, 0.1) is 13.8 Å². The second kappa shape index (κ2) is 9.46. The molecule has 2 amide bonds. The van der Waals surface area contributed by atoms with Gasteiger partial charge in [-0.1, -0.05) is 13.0 Å². The van der Waals surface area contributed by atoms with Gasteiger partial charge in [0.05, 0.1) is 6.61 Å². The van der Waals surface area contributed by atoms with Crippen LogP contribution in [-0.4, -0.2) is 25.0 Å². The van der Waals surface area contributed by atoms with Crippen LogP contribution in [0.5, 0.6) is 11.5 Å². The molecule has 0 radical (unpaired) electrons. The highest BCUT2D eigenvalue weighted by Gasteiger charge is 2.08. The molecule has 0 aromatic heterocycles. The lowest BCUT2D eigenvalue weighted by Gasteiger charge is -2.10. The minimum Gasteiger partial charge on any atom is -0.494 e. The molecule has 0 aliphatic rings. The largest absolute Gasteiger partial charge is 0.494 e. The minimum absolute atomic E-state index is 0.188. The summed E-state index contributed by atoms with van der Waals surface area (Å²) < 4.78 is 10.9. The van der Waals surface area contributed by atoms with E-state index in [1.54, 1.807) is 24.3 Å². The Bertz CT molecular complexity index is 737. The van der Waals surface area contributed by atoms with E-state index in [0.29, 0.717) is 23.7 Å². The van der Waals surface area contributed by atoms with Crippen molar-refractivity contribution in [2.45, 2.75) is 27.2 Å². The summed E-state index contributed by atoms with van der Waals surface area (Å²) >= 11 is 0. The summed E-state index contributed by atoms with van der Waals surface area (Å²) in [5, 5.41) is 0. The Kier molecular flexibility index (Phi) is 7.02. The molecule has 6 nitrogen and oxygen atoms in total. The number of carbonyl (C=O) groups excluding carboxylic acids is 2. The summed E-state index contributed by atoms with van der Waals surface area (Å²) in [7, 11) is 0. The van der Waals surface area contributed by atoms with Gasteiger partial charge in [-0.15, -0.1) is 0 Å². The van der Waals surface area contributed by atoms with Gasteiger partial charge in [-0.05, 0) is 67.8 Å². The van der Waals surface area contributed by atoms with Crippen LogP contribution in [0.4, 0.5) is 0 Å². The lowest BCUT2D eigenvalue weighted by Crippen LogP contribution is -2.43. The van der Waals surface area contributed by atoms with Gasteiger partial charge in [0.1, 0.15) is 11.5 Å². The molecule has 0 aliphatic carbocycles. The maximum atomic E-state index is 12.0. The van der Waals surface area contributed by atoms with Crippen LogP contribution in [-0.2, 0) is 4.79 Å². The molecule has 6 heteroatoms. The highest BCUT2D eigenvalue weighted by atomic mass is 16.5. The number of hydrazine groups is 1. The molecule has 2 aromatic rings. The van der Waals surface area contributed by atoms with Crippen LogP contribution in [0.2, 0.25) is 0 Å². The van der Waals surface area contributed by atoms with Gasteiger partial charge in [-0.25, -0.2) is 0 Å². The van der Waals surface area contributed by atoms with Crippen molar-refractivity contribution >= 4 is 11.8 Å². The standard InChI is InChI=1S/C20H24N2O4/c1-4-9-25-17-7-5-16(6-8-17)20(24)22-21-19(23)13-26-18-11-14(2)10-15(3)12-18/h5-8,10-12H,4,9,13H2,1-3H3,(H,21,23)(H,22,24). The Morgan fingerprint density at radius 2 is 1.54 bits per heavy atom.